The molecule has 1 saturated heterocycles. The highest BCUT2D eigenvalue weighted by atomic mass is 16.2. The number of likely N-dealkylation sites (tertiary alicyclic amines) is 1. The number of amides is 1. The highest BCUT2D eigenvalue weighted by molar-refractivity contribution is 5.78. The zero-order valence-electron chi connectivity index (χ0n) is 9.33. The highest BCUT2D eigenvalue weighted by Gasteiger charge is 2.24. The van der Waals surface area contributed by atoms with Gasteiger partial charge in [0, 0.05) is 25.0 Å². The smallest absolute Gasteiger partial charge is 0.225 e. The van der Waals surface area contributed by atoms with Crippen LogP contribution in [0.25, 0.3) is 0 Å². The lowest BCUT2D eigenvalue weighted by Crippen LogP contribution is -2.47. The molecule has 3 heteroatoms. The van der Waals surface area contributed by atoms with Crippen molar-refractivity contribution in [2.24, 2.45) is 11.7 Å². The summed E-state index contributed by atoms with van der Waals surface area (Å²) in [5.74, 6) is 0.465. The quantitative estimate of drug-likeness (QED) is 0.744. The van der Waals surface area contributed by atoms with E-state index in [1.807, 2.05) is 11.8 Å². The number of nitrogens with two attached hydrogens (primary N) is 1. The minimum atomic E-state index is 0.172. The van der Waals surface area contributed by atoms with E-state index in [0.717, 1.165) is 38.8 Å². The van der Waals surface area contributed by atoms with Crippen LogP contribution in [0.1, 0.15) is 39.5 Å². The fraction of sp³-hybridized carbons (Fsp3) is 0.909. The molecule has 2 N–H and O–H groups in total. The first-order valence-corrected chi connectivity index (χ1v) is 5.69. The molecule has 0 aromatic carbocycles. The predicted octanol–water partition coefficient (Wildman–Crippen LogP) is 1.37. The number of hydrogen-bond donors (Lipinski definition) is 1. The molecule has 82 valence electrons. The molecule has 0 spiro atoms. The van der Waals surface area contributed by atoms with Crippen LogP contribution in [0.2, 0.25) is 0 Å². The molecule has 14 heavy (non-hydrogen) atoms. The van der Waals surface area contributed by atoms with Gasteiger partial charge in [-0.3, -0.25) is 4.79 Å². The van der Waals surface area contributed by atoms with Crippen molar-refractivity contribution in [1.29, 1.82) is 0 Å². The number of carbonyl (C=O) groups excluding carboxylic acids is 1. The Morgan fingerprint density at radius 1 is 1.64 bits per heavy atom. The number of hydrogen-bond acceptors (Lipinski definition) is 2. The molecule has 0 saturated carbocycles. The second kappa shape index (κ2) is 5.35. The molecule has 0 aromatic heterocycles. The summed E-state index contributed by atoms with van der Waals surface area (Å²) >= 11 is 0. The summed E-state index contributed by atoms with van der Waals surface area (Å²) in [6, 6.07) is 0.196. The van der Waals surface area contributed by atoms with Crippen molar-refractivity contribution in [1.82, 2.24) is 4.90 Å². The summed E-state index contributed by atoms with van der Waals surface area (Å²) in [5.41, 5.74) is 5.84. The molecular formula is C11H22N2O. The zero-order valence-corrected chi connectivity index (χ0v) is 9.33. The van der Waals surface area contributed by atoms with E-state index in [-0.39, 0.29) is 12.0 Å². The Bertz CT molecular complexity index is 194. The fourth-order valence-corrected chi connectivity index (χ4v) is 2.08. The summed E-state index contributed by atoms with van der Waals surface area (Å²) in [5, 5.41) is 0. The molecule has 1 fully saturated rings. The molecule has 2 unspecified atom stereocenters. The van der Waals surface area contributed by atoms with E-state index in [0.29, 0.717) is 5.91 Å². The number of rotatable bonds is 3. The maximum absolute atomic E-state index is 11.9. The first kappa shape index (κ1) is 11.5. The molecule has 1 aliphatic rings. The first-order chi connectivity index (χ1) is 6.65. The highest BCUT2D eigenvalue weighted by Crippen LogP contribution is 2.14. The van der Waals surface area contributed by atoms with Crippen molar-refractivity contribution in [3.63, 3.8) is 0 Å². The second-order valence-electron chi connectivity index (χ2n) is 4.38. The van der Waals surface area contributed by atoms with Gasteiger partial charge in [0.1, 0.15) is 0 Å². The van der Waals surface area contributed by atoms with Gasteiger partial charge in [-0.2, -0.15) is 0 Å². The molecule has 1 amide bonds. The summed E-state index contributed by atoms with van der Waals surface area (Å²) in [4.78, 5) is 13.8. The Morgan fingerprint density at radius 2 is 2.36 bits per heavy atom. The molecule has 0 aliphatic carbocycles. The molecule has 0 radical (unpaired) electrons. The second-order valence-corrected chi connectivity index (χ2v) is 4.38. The largest absolute Gasteiger partial charge is 0.341 e. The van der Waals surface area contributed by atoms with E-state index < -0.39 is 0 Å². The maximum Gasteiger partial charge on any atom is 0.225 e. The Balaban J connectivity index is 2.42. The van der Waals surface area contributed by atoms with Crippen molar-refractivity contribution in [3.05, 3.63) is 0 Å². The van der Waals surface area contributed by atoms with Crippen LogP contribution in [0.5, 0.6) is 0 Å². The van der Waals surface area contributed by atoms with Gasteiger partial charge in [0.05, 0.1) is 0 Å². The SMILES string of the molecule is CCCC(C)C(=O)N1CCCC(N)C1. The lowest BCUT2D eigenvalue weighted by molar-refractivity contribution is -0.136. The van der Waals surface area contributed by atoms with E-state index in [2.05, 4.69) is 6.92 Å². The standard InChI is InChI=1S/C11H22N2O/c1-3-5-9(2)11(14)13-7-4-6-10(12)8-13/h9-10H,3-8,12H2,1-2H3. The van der Waals surface area contributed by atoms with Crippen LogP contribution >= 0.6 is 0 Å². The summed E-state index contributed by atoms with van der Waals surface area (Å²) in [6.07, 6.45) is 4.19. The third-order valence-corrected chi connectivity index (χ3v) is 2.91. The van der Waals surface area contributed by atoms with Crippen molar-refractivity contribution in [2.75, 3.05) is 13.1 Å². The van der Waals surface area contributed by atoms with E-state index in [1.54, 1.807) is 0 Å². The van der Waals surface area contributed by atoms with Crippen LogP contribution in [0.4, 0.5) is 0 Å². The maximum atomic E-state index is 11.9. The van der Waals surface area contributed by atoms with Gasteiger partial charge in [-0.15, -0.1) is 0 Å². The lowest BCUT2D eigenvalue weighted by atomic mass is 10.0. The number of carbonyl (C=O) groups is 1. The molecule has 0 aromatic rings. The fourth-order valence-electron chi connectivity index (χ4n) is 2.08. The van der Waals surface area contributed by atoms with E-state index in [1.165, 1.54) is 0 Å². The van der Waals surface area contributed by atoms with Crippen LogP contribution in [0.3, 0.4) is 0 Å². The average Bonchev–Trinajstić information content (AvgIpc) is 2.17. The van der Waals surface area contributed by atoms with Crippen LogP contribution in [0, 0.1) is 5.92 Å². The van der Waals surface area contributed by atoms with Crippen LogP contribution in [-0.2, 0) is 4.79 Å². The van der Waals surface area contributed by atoms with Gasteiger partial charge in [-0.1, -0.05) is 20.3 Å². The number of nitrogens with zero attached hydrogens (tertiary/aromatic N) is 1. The van der Waals surface area contributed by atoms with Crippen LogP contribution in [-0.4, -0.2) is 29.9 Å². The Labute approximate surface area is 86.6 Å². The Morgan fingerprint density at radius 3 is 2.93 bits per heavy atom. The predicted molar refractivity (Wildman–Crippen MR) is 57.9 cm³/mol. The normalized spacial score (nSPS) is 24.8. The minimum absolute atomic E-state index is 0.172. The lowest BCUT2D eigenvalue weighted by Gasteiger charge is -2.32. The van der Waals surface area contributed by atoms with Gasteiger partial charge in [0.25, 0.3) is 0 Å². The minimum Gasteiger partial charge on any atom is -0.341 e. The monoisotopic (exact) mass is 198 g/mol. The van der Waals surface area contributed by atoms with Crippen molar-refractivity contribution < 1.29 is 4.79 Å². The molecule has 3 nitrogen and oxygen atoms in total. The van der Waals surface area contributed by atoms with E-state index in [9.17, 15) is 4.79 Å². The summed E-state index contributed by atoms with van der Waals surface area (Å²) < 4.78 is 0. The van der Waals surface area contributed by atoms with Crippen molar-refractivity contribution in [3.8, 4) is 0 Å². The zero-order chi connectivity index (χ0) is 10.6. The van der Waals surface area contributed by atoms with Crippen LogP contribution < -0.4 is 5.73 Å². The summed E-state index contributed by atoms with van der Waals surface area (Å²) in [6.45, 7) is 5.80. The molecular weight excluding hydrogens is 176 g/mol. The van der Waals surface area contributed by atoms with Crippen molar-refractivity contribution >= 4 is 5.91 Å². The summed E-state index contributed by atoms with van der Waals surface area (Å²) in [7, 11) is 0. The Kier molecular flexibility index (Phi) is 4.39. The third-order valence-electron chi connectivity index (χ3n) is 2.91. The first-order valence-electron chi connectivity index (χ1n) is 5.69. The van der Waals surface area contributed by atoms with Gasteiger partial charge in [0.2, 0.25) is 5.91 Å². The van der Waals surface area contributed by atoms with Crippen molar-refractivity contribution in [2.45, 2.75) is 45.6 Å². The molecule has 2 atom stereocenters. The molecule has 1 heterocycles. The van der Waals surface area contributed by atoms with Gasteiger partial charge in [-0.05, 0) is 19.3 Å². The number of piperidine rings is 1. The third kappa shape index (κ3) is 2.98. The average molecular weight is 198 g/mol. The van der Waals surface area contributed by atoms with E-state index >= 15 is 0 Å². The molecule has 1 rings (SSSR count). The van der Waals surface area contributed by atoms with Gasteiger partial charge in [0.15, 0.2) is 0 Å². The van der Waals surface area contributed by atoms with Gasteiger partial charge >= 0.3 is 0 Å². The van der Waals surface area contributed by atoms with Gasteiger partial charge in [-0.25, -0.2) is 0 Å². The molecule has 1 aliphatic heterocycles. The molecule has 0 bridgehead atoms. The van der Waals surface area contributed by atoms with Gasteiger partial charge < -0.3 is 10.6 Å². The topological polar surface area (TPSA) is 46.3 Å². The Hall–Kier alpha value is -0.570. The van der Waals surface area contributed by atoms with E-state index in [4.69, 9.17) is 5.73 Å². The van der Waals surface area contributed by atoms with Crippen LogP contribution in [0.15, 0.2) is 0 Å².